The molecule has 104 valence electrons. The number of aryl methyl sites for hydroxylation is 2. The van der Waals surface area contributed by atoms with E-state index in [1.54, 1.807) is 0 Å². The first-order valence-corrected chi connectivity index (χ1v) is 7.94. The number of rotatable bonds is 2. The Balaban J connectivity index is 2.39. The van der Waals surface area contributed by atoms with Crippen molar-refractivity contribution in [2.75, 3.05) is 0 Å². The van der Waals surface area contributed by atoms with E-state index in [1.165, 1.54) is 0 Å². The molecule has 7 heteroatoms. The molecule has 2 aromatic heterocycles. The van der Waals surface area contributed by atoms with E-state index in [0.29, 0.717) is 10.9 Å². The highest BCUT2D eigenvalue weighted by molar-refractivity contribution is 14.1. The molecule has 3 aromatic rings. The van der Waals surface area contributed by atoms with Crippen molar-refractivity contribution >= 4 is 57.0 Å². The summed E-state index contributed by atoms with van der Waals surface area (Å²) in [5.74, 6) is 1.14. The van der Waals surface area contributed by atoms with Gasteiger partial charge in [-0.1, -0.05) is 11.6 Å². The van der Waals surface area contributed by atoms with E-state index in [-0.39, 0.29) is 0 Å². The minimum Gasteiger partial charge on any atom is -0.279 e. The Bertz CT molecular complexity index is 806. The second-order valence-electron chi connectivity index (χ2n) is 4.47. The van der Waals surface area contributed by atoms with Gasteiger partial charge in [-0.15, -0.1) is 11.6 Å². The van der Waals surface area contributed by atoms with Crippen LogP contribution in [0.2, 0.25) is 5.02 Å². The van der Waals surface area contributed by atoms with Crippen LogP contribution >= 0.6 is 45.8 Å². The zero-order valence-electron chi connectivity index (χ0n) is 10.9. The van der Waals surface area contributed by atoms with Crippen LogP contribution in [0.3, 0.4) is 0 Å². The molecule has 4 nitrogen and oxygen atoms in total. The van der Waals surface area contributed by atoms with E-state index in [2.05, 4.69) is 32.7 Å². The standard InChI is InChI=1S/C13H11Cl2IN4/c1-7-12-13(19(2)18-7)20(11(6-14)17-12)10-4-3-8(15)5-9(10)16/h3-5H,6H2,1-2H3. The van der Waals surface area contributed by atoms with Crippen LogP contribution in [-0.2, 0) is 12.9 Å². The van der Waals surface area contributed by atoms with Crippen molar-refractivity contribution in [3.05, 3.63) is 38.3 Å². The van der Waals surface area contributed by atoms with Crippen molar-refractivity contribution < 1.29 is 0 Å². The maximum atomic E-state index is 6.06. The van der Waals surface area contributed by atoms with Crippen LogP contribution in [0.25, 0.3) is 16.9 Å². The largest absolute Gasteiger partial charge is 0.279 e. The molecular formula is C13H11Cl2IN4. The van der Waals surface area contributed by atoms with Gasteiger partial charge in [0.15, 0.2) is 5.65 Å². The Morgan fingerprint density at radius 2 is 2.10 bits per heavy atom. The van der Waals surface area contributed by atoms with Crippen LogP contribution in [0.5, 0.6) is 0 Å². The zero-order valence-corrected chi connectivity index (χ0v) is 14.5. The summed E-state index contributed by atoms with van der Waals surface area (Å²) in [4.78, 5) is 4.60. The van der Waals surface area contributed by atoms with Gasteiger partial charge in [0.1, 0.15) is 11.3 Å². The minimum atomic E-state index is 0.340. The van der Waals surface area contributed by atoms with Gasteiger partial charge in [0.05, 0.1) is 17.3 Å². The van der Waals surface area contributed by atoms with Crippen molar-refractivity contribution in [3.63, 3.8) is 0 Å². The summed E-state index contributed by atoms with van der Waals surface area (Å²) in [6.07, 6.45) is 0. The van der Waals surface area contributed by atoms with Crippen LogP contribution < -0.4 is 0 Å². The lowest BCUT2D eigenvalue weighted by Crippen LogP contribution is -2.05. The van der Waals surface area contributed by atoms with E-state index >= 15 is 0 Å². The van der Waals surface area contributed by atoms with E-state index in [0.717, 1.165) is 31.9 Å². The number of halogens is 3. The van der Waals surface area contributed by atoms with Crippen molar-refractivity contribution in [2.24, 2.45) is 7.05 Å². The molecule has 0 fully saturated rings. The van der Waals surface area contributed by atoms with Crippen LogP contribution in [0.15, 0.2) is 18.2 Å². The predicted molar refractivity (Wildman–Crippen MR) is 89.9 cm³/mol. The van der Waals surface area contributed by atoms with Gasteiger partial charge in [0, 0.05) is 15.6 Å². The fourth-order valence-electron chi connectivity index (χ4n) is 2.32. The average Bonchev–Trinajstić information content (AvgIpc) is 2.89. The van der Waals surface area contributed by atoms with Crippen molar-refractivity contribution in [2.45, 2.75) is 12.8 Å². The molecule has 0 amide bonds. The number of benzene rings is 1. The van der Waals surface area contributed by atoms with Crippen LogP contribution in [0, 0.1) is 10.5 Å². The van der Waals surface area contributed by atoms with E-state index in [1.807, 2.05) is 41.4 Å². The molecule has 0 saturated heterocycles. The summed E-state index contributed by atoms with van der Waals surface area (Å²) in [5.41, 5.74) is 3.74. The second kappa shape index (κ2) is 5.20. The zero-order chi connectivity index (χ0) is 14.4. The van der Waals surface area contributed by atoms with Crippen molar-refractivity contribution in [1.82, 2.24) is 19.3 Å². The Morgan fingerprint density at radius 1 is 1.35 bits per heavy atom. The minimum absolute atomic E-state index is 0.340. The van der Waals surface area contributed by atoms with E-state index in [9.17, 15) is 0 Å². The number of fused-ring (bicyclic) bond motifs is 1. The van der Waals surface area contributed by atoms with Crippen LogP contribution in [0.4, 0.5) is 0 Å². The lowest BCUT2D eigenvalue weighted by atomic mass is 10.3. The van der Waals surface area contributed by atoms with Crippen molar-refractivity contribution in [1.29, 1.82) is 0 Å². The normalized spacial score (nSPS) is 11.4. The molecule has 2 heterocycles. The number of alkyl halides is 1. The van der Waals surface area contributed by atoms with Gasteiger partial charge < -0.3 is 0 Å². The Morgan fingerprint density at radius 3 is 2.75 bits per heavy atom. The predicted octanol–water partition coefficient (Wildman–Crippen LogP) is 4.06. The topological polar surface area (TPSA) is 35.6 Å². The number of hydrogen-bond acceptors (Lipinski definition) is 2. The summed E-state index contributed by atoms with van der Waals surface area (Å²) in [6.45, 7) is 1.95. The first kappa shape index (κ1) is 14.2. The van der Waals surface area contributed by atoms with Gasteiger partial charge in [-0.25, -0.2) is 9.67 Å². The molecule has 0 unspecified atom stereocenters. The van der Waals surface area contributed by atoms with Gasteiger partial charge >= 0.3 is 0 Å². The molecule has 1 aromatic carbocycles. The molecule has 3 rings (SSSR count). The lowest BCUT2D eigenvalue weighted by molar-refractivity contribution is 0.754. The first-order valence-electron chi connectivity index (χ1n) is 5.95. The summed E-state index contributed by atoms with van der Waals surface area (Å²) < 4.78 is 4.92. The monoisotopic (exact) mass is 420 g/mol. The van der Waals surface area contributed by atoms with Crippen LogP contribution in [0.1, 0.15) is 11.5 Å². The summed E-state index contributed by atoms with van der Waals surface area (Å²) in [7, 11) is 1.91. The third-order valence-corrected chi connectivity index (χ3v) is 4.48. The van der Waals surface area contributed by atoms with Gasteiger partial charge in [0.2, 0.25) is 0 Å². The molecule has 0 radical (unpaired) electrons. The quantitative estimate of drug-likeness (QED) is 0.462. The maximum absolute atomic E-state index is 6.06. The highest BCUT2D eigenvalue weighted by atomic mass is 127. The number of hydrogen-bond donors (Lipinski definition) is 0. The molecule has 0 bridgehead atoms. The number of aromatic nitrogens is 4. The lowest BCUT2D eigenvalue weighted by Gasteiger charge is -2.10. The molecule has 0 aliphatic heterocycles. The molecule has 0 atom stereocenters. The molecule has 0 aliphatic carbocycles. The SMILES string of the molecule is Cc1nn(C)c2c1nc(CCl)n2-c1ccc(Cl)cc1I. The summed E-state index contributed by atoms with van der Waals surface area (Å²) >= 11 is 14.4. The Hall–Kier alpha value is -0.790. The smallest absolute Gasteiger partial charge is 0.163 e. The fourth-order valence-corrected chi connectivity index (χ4v) is 3.61. The third kappa shape index (κ3) is 2.12. The Kier molecular flexibility index (Phi) is 3.68. The number of nitrogens with zero attached hydrogens (tertiary/aromatic N) is 4. The molecule has 20 heavy (non-hydrogen) atoms. The molecule has 0 spiro atoms. The molecule has 0 saturated carbocycles. The van der Waals surface area contributed by atoms with Gasteiger partial charge in [-0.05, 0) is 47.7 Å². The highest BCUT2D eigenvalue weighted by Crippen LogP contribution is 2.28. The first-order chi connectivity index (χ1) is 9.52. The third-order valence-electron chi connectivity index (χ3n) is 3.14. The average molecular weight is 421 g/mol. The molecule has 0 aliphatic rings. The highest BCUT2D eigenvalue weighted by Gasteiger charge is 2.19. The van der Waals surface area contributed by atoms with E-state index < -0.39 is 0 Å². The second-order valence-corrected chi connectivity index (χ2v) is 6.34. The summed E-state index contributed by atoms with van der Waals surface area (Å²) in [6, 6.07) is 5.76. The van der Waals surface area contributed by atoms with E-state index in [4.69, 9.17) is 23.2 Å². The molecule has 0 N–H and O–H groups in total. The van der Waals surface area contributed by atoms with Crippen molar-refractivity contribution in [3.8, 4) is 5.69 Å². The maximum Gasteiger partial charge on any atom is 0.163 e. The molecular weight excluding hydrogens is 410 g/mol. The van der Waals surface area contributed by atoms with Gasteiger partial charge in [-0.2, -0.15) is 5.10 Å². The van der Waals surface area contributed by atoms with Crippen LogP contribution in [-0.4, -0.2) is 19.3 Å². The summed E-state index contributed by atoms with van der Waals surface area (Å²) in [5, 5.41) is 5.13. The van der Waals surface area contributed by atoms with Gasteiger partial charge in [0.25, 0.3) is 0 Å². The Labute approximate surface area is 139 Å². The van der Waals surface area contributed by atoms with Gasteiger partial charge in [-0.3, -0.25) is 4.57 Å². The fraction of sp³-hybridized carbons (Fsp3) is 0.231. The number of imidazole rings is 1.